The molecule has 9 nitrogen and oxygen atoms in total. The summed E-state index contributed by atoms with van der Waals surface area (Å²) in [6.07, 6.45) is 0.116. The van der Waals surface area contributed by atoms with Crippen LogP contribution in [0.3, 0.4) is 0 Å². The molecule has 0 atom stereocenters. The van der Waals surface area contributed by atoms with Crippen LogP contribution >= 0.6 is 0 Å². The summed E-state index contributed by atoms with van der Waals surface area (Å²) in [6.45, 7) is -0.0660. The lowest BCUT2D eigenvalue weighted by Gasteiger charge is -2.13. The van der Waals surface area contributed by atoms with E-state index in [4.69, 9.17) is 9.47 Å². The summed E-state index contributed by atoms with van der Waals surface area (Å²) in [5.41, 5.74) is -2.52. The highest BCUT2D eigenvalue weighted by atomic mass is 16.7. The minimum absolute atomic E-state index is 0.0660. The van der Waals surface area contributed by atoms with E-state index in [-0.39, 0.29) is 6.54 Å². The smallest absolute Gasteiger partial charge is 0.350 e. The summed E-state index contributed by atoms with van der Waals surface area (Å²) >= 11 is 0. The minimum atomic E-state index is -1.04. The molecule has 0 unspecified atom stereocenters. The van der Waals surface area contributed by atoms with Crippen LogP contribution in [0.1, 0.15) is 0 Å². The Balaban J connectivity index is 3.16. The zero-order chi connectivity index (χ0) is 13.0. The Labute approximate surface area is 94.7 Å². The van der Waals surface area contributed by atoms with Crippen LogP contribution in [0, 0.1) is 10.1 Å². The number of nitro groups is 1. The summed E-state index contributed by atoms with van der Waals surface area (Å²) in [4.78, 5) is 33.9. The molecular formula is C8H11N3O6. The third-order valence-electron chi connectivity index (χ3n) is 2.06. The Morgan fingerprint density at radius 2 is 2.06 bits per heavy atom. The Morgan fingerprint density at radius 1 is 1.47 bits per heavy atom. The number of methoxy groups -OCH3 is 2. The van der Waals surface area contributed by atoms with Gasteiger partial charge in [0.05, 0.1) is 17.7 Å². The molecule has 0 saturated heterocycles. The SMILES string of the molecule is COC(Cn1cc([N+](=O)[O-])c(=O)[nH]c1=O)OC. The summed E-state index contributed by atoms with van der Waals surface area (Å²) in [5.74, 6) is 0. The van der Waals surface area contributed by atoms with Crippen molar-refractivity contribution in [3.8, 4) is 0 Å². The van der Waals surface area contributed by atoms with Gasteiger partial charge in [-0.2, -0.15) is 0 Å². The Hall–Kier alpha value is -2.00. The van der Waals surface area contributed by atoms with E-state index in [0.29, 0.717) is 0 Å². The van der Waals surface area contributed by atoms with Gasteiger partial charge < -0.3 is 9.47 Å². The maximum atomic E-state index is 11.4. The first kappa shape index (κ1) is 13.1. The lowest BCUT2D eigenvalue weighted by molar-refractivity contribution is -0.386. The highest BCUT2D eigenvalue weighted by molar-refractivity contribution is 5.20. The van der Waals surface area contributed by atoms with Gasteiger partial charge in [-0.05, 0) is 0 Å². The number of hydrogen-bond acceptors (Lipinski definition) is 6. The van der Waals surface area contributed by atoms with Crippen LogP contribution in [-0.2, 0) is 16.0 Å². The van der Waals surface area contributed by atoms with Crippen molar-refractivity contribution in [1.82, 2.24) is 9.55 Å². The fourth-order valence-electron chi connectivity index (χ4n) is 1.17. The summed E-state index contributed by atoms with van der Waals surface area (Å²) in [6, 6.07) is 0. The van der Waals surface area contributed by atoms with Crippen LogP contribution in [0.15, 0.2) is 15.8 Å². The fraction of sp³-hybridized carbons (Fsp3) is 0.500. The number of H-pyrrole nitrogens is 1. The number of aromatic nitrogens is 2. The molecule has 0 fully saturated rings. The highest BCUT2D eigenvalue weighted by Gasteiger charge is 2.16. The molecule has 1 N–H and O–H groups in total. The first-order chi connectivity index (χ1) is 7.99. The second-order valence-electron chi connectivity index (χ2n) is 3.08. The van der Waals surface area contributed by atoms with Gasteiger partial charge in [0.2, 0.25) is 0 Å². The summed E-state index contributed by atoms with van der Waals surface area (Å²) < 4.78 is 10.6. The fourth-order valence-corrected chi connectivity index (χ4v) is 1.17. The zero-order valence-corrected chi connectivity index (χ0v) is 9.21. The van der Waals surface area contributed by atoms with Gasteiger partial charge in [0.15, 0.2) is 6.29 Å². The minimum Gasteiger partial charge on any atom is -0.354 e. The van der Waals surface area contributed by atoms with Crippen molar-refractivity contribution in [2.24, 2.45) is 0 Å². The normalized spacial score (nSPS) is 10.8. The molecular weight excluding hydrogens is 234 g/mol. The predicted molar refractivity (Wildman–Crippen MR) is 55.8 cm³/mol. The average molecular weight is 245 g/mol. The number of nitrogens with one attached hydrogen (secondary N) is 1. The first-order valence-electron chi connectivity index (χ1n) is 4.53. The summed E-state index contributed by atoms with van der Waals surface area (Å²) in [7, 11) is 2.72. The van der Waals surface area contributed by atoms with E-state index in [1.54, 1.807) is 0 Å². The van der Waals surface area contributed by atoms with Gasteiger partial charge in [-0.15, -0.1) is 0 Å². The molecule has 0 aliphatic rings. The number of hydrogen-bond donors (Lipinski definition) is 1. The van der Waals surface area contributed by atoms with E-state index in [9.17, 15) is 19.7 Å². The second kappa shape index (κ2) is 5.37. The molecule has 1 aromatic heterocycles. The number of rotatable bonds is 5. The lowest BCUT2D eigenvalue weighted by atomic mass is 10.5. The van der Waals surface area contributed by atoms with E-state index in [2.05, 4.69) is 0 Å². The van der Waals surface area contributed by atoms with Gasteiger partial charge in [-0.25, -0.2) is 4.79 Å². The van der Waals surface area contributed by atoms with E-state index in [1.807, 2.05) is 4.98 Å². The van der Waals surface area contributed by atoms with Crippen LogP contribution in [-0.4, -0.2) is 35.0 Å². The molecule has 1 heterocycles. The molecule has 94 valence electrons. The first-order valence-corrected chi connectivity index (χ1v) is 4.53. The monoisotopic (exact) mass is 245 g/mol. The zero-order valence-electron chi connectivity index (χ0n) is 9.21. The van der Waals surface area contributed by atoms with E-state index >= 15 is 0 Å². The number of aromatic amines is 1. The van der Waals surface area contributed by atoms with Crippen molar-refractivity contribution >= 4 is 5.69 Å². The van der Waals surface area contributed by atoms with Crippen LogP contribution in [0.25, 0.3) is 0 Å². The van der Waals surface area contributed by atoms with Crippen LogP contribution in [0.4, 0.5) is 5.69 Å². The highest BCUT2D eigenvalue weighted by Crippen LogP contribution is 2.01. The number of nitrogens with zero attached hydrogens (tertiary/aromatic N) is 2. The lowest BCUT2D eigenvalue weighted by Crippen LogP contribution is -2.34. The number of ether oxygens (including phenoxy) is 2. The largest absolute Gasteiger partial charge is 0.354 e. The Morgan fingerprint density at radius 3 is 2.53 bits per heavy atom. The van der Waals surface area contributed by atoms with Crippen molar-refractivity contribution in [2.45, 2.75) is 12.8 Å². The van der Waals surface area contributed by atoms with Gasteiger partial charge in [0, 0.05) is 14.2 Å². The molecule has 0 aliphatic carbocycles. The van der Waals surface area contributed by atoms with E-state index in [1.165, 1.54) is 14.2 Å². The molecule has 1 rings (SSSR count). The van der Waals surface area contributed by atoms with Crippen molar-refractivity contribution in [2.75, 3.05) is 14.2 Å². The Bertz CT molecular complexity index is 515. The van der Waals surface area contributed by atoms with Crippen molar-refractivity contribution in [3.05, 3.63) is 37.1 Å². The molecule has 0 bridgehead atoms. The van der Waals surface area contributed by atoms with Gasteiger partial charge >= 0.3 is 16.9 Å². The average Bonchev–Trinajstić information content (AvgIpc) is 2.27. The molecule has 0 spiro atoms. The van der Waals surface area contributed by atoms with Gasteiger partial charge in [0.1, 0.15) is 0 Å². The molecule has 9 heteroatoms. The molecule has 0 aliphatic heterocycles. The molecule has 1 aromatic rings. The van der Waals surface area contributed by atoms with Crippen molar-refractivity contribution in [3.63, 3.8) is 0 Å². The molecule has 0 amide bonds. The van der Waals surface area contributed by atoms with Crippen molar-refractivity contribution < 1.29 is 14.4 Å². The van der Waals surface area contributed by atoms with E-state index in [0.717, 1.165) is 10.8 Å². The van der Waals surface area contributed by atoms with Gasteiger partial charge in [-0.3, -0.25) is 24.5 Å². The third-order valence-corrected chi connectivity index (χ3v) is 2.06. The van der Waals surface area contributed by atoms with Crippen LogP contribution in [0.2, 0.25) is 0 Å². The third kappa shape index (κ3) is 2.98. The predicted octanol–water partition coefficient (Wildman–Crippen LogP) is -0.936. The van der Waals surface area contributed by atoms with Gasteiger partial charge in [0.25, 0.3) is 0 Å². The van der Waals surface area contributed by atoms with E-state index < -0.39 is 28.1 Å². The van der Waals surface area contributed by atoms with Crippen LogP contribution in [0.5, 0.6) is 0 Å². The Kier molecular flexibility index (Phi) is 4.12. The molecule has 0 radical (unpaired) electrons. The van der Waals surface area contributed by atoms with Crippen LogP contribution < -0.4 is 11.2 Å². The molecule has 17 heavy (non-hydrogen) atoms. The maximum absolute atomic E-state index is 11.4. The topological polar surface area (TPSA) is 116 Å². The van der Waals surface area contributed by atoms with Crippen molar-refractivity contribution in [1.29, 1.82) is 0 Å². The maximum Gasteiger partial charge on any atom is 0.350 e. The summed E-state index contributed by atoms with van der Waals surface area (Å²) in [5, 5.41) is 10.5. The molecule has 0 saturated carbocycles. The van der Waals surface area contributed by atoms with Gasteiger partial charge in [-0.1, -0.05) is 0 Å². The quantitative estimate of drug-likeness (QED) is 0.406. The standard InChI is InChI=1S/C8H11N3O6/c1-16-6(17-2)4-10-3-5(11(14)15)7(12)9-8(10)13/h3,6H,4H2,1-2H3,(H,9,12,13). The molecule has 0 aromatic carbocycles. The second-order valence-corrected chi connectivity index (χ2v) is 3.08.